The van der Waals surface area contributed by atoms with Gasteiger partial charge in [0.2, 0.25) is 0 Å². The van der Waals surface area contributed by atoms with Crippen LogP contribution in [-0.4, -0.2) is 48.0 Å². The van der Waals surface area contributed by atoms with E-state index in [1.807, 2.05) is 6.92 Å². The molecular weight excluding hydrogens is 236 g/mol. The minimum absolute atomic E-state index is 0.0258. The topological polar surface area (TPSA) is 79.5 Å². The number of hydrogen-bond acceptors (Lipinski definition) is 4. The van der Waals surface area contributed by atoms with Crippen LogP contribution in [0.1, 0.15) is 13.3 Å². The van der Waals surface area contributed by atoms with Crippen molar-refractivity contribution in [2.45, 2.75) is 25.5 Å². The summed E-state index contributed by atoms with van der Waals surface area (Å²) in [5.41, 5.74) is 0. The molecule has 0 aliphatic carbocycles. The third-order valence-corrected chi connectivity index (χ3v) is 2.71. The van der Waals surface area contributed by atoms with Crippen LogP contribution < -0.4 is 0 Å². The summed E-state index contributed by atoms with van der Waals surface area (Å²) < 4.78 is 31.1. The molecule has 0 amide bonds. The molecule has 1 heterocycles. The Labute approximate surface area is 97.2 Å². The van der Waals surface area contributed by atoms with E-state index in [2.05, 4.69) is 0 Å². The first-order valence-corrected chi connectivity index (χ1v) is 5.19. The molecule has 1 rings (SSSR count). The molecule has 0 spiro atoms. The van der Waals surface area contributed by atoms with Crippen LogP contribution in [0.5, 0.6) is 0 Å². The molecule has 2 unspecified atom stereocenters. The minimum atomic E-state index is -4.33. The molecule has 0 aromatic rings. The average Bonchev–Trinajstić information content (AvgIpc) is 2.62. The first kappa shape index (κ1) is 13.8. The number of likely N-dealkylation sites (N-methyl/N-ethyl adjacent to an activating group) is 1. The van der Waals surface area contributed by atoms with Crippen LogP contribution in [0.15, 0.2) is 0 Å². The summed E-state index contributed by atoms with van der Waals surface area (Å²) in [7, 11) is 1.25. The van der Waals surface area contributed by atoms with Crippen molar-refractivity contribution in [2.75, 3.05) is 20.2 Å². The van der Waals surface area contributed by atoms with Crippen LogP contribution in [0.25, 0.3) is 0 Å². The normalized spacial score (nSPS) is 24.7. The average molecular weight is 251 g/mol. The Balaban J connectivity index is 2.55. The molecule has 0 radical (unpaired) electrons. The fourth-order valence-corrected chi connectivity index (χ4v) is 1.83. The highest BCUT2D eigenvalue weighted by atomic mass is 19.3. The van der Waals surface area contributed by atoms with Gasteiger partial charge in [0.05, 0.1) is 12.7 Å². The van der Waals surface area contributed by atoms with Gasteiger partial charge in [-0.1, -0.05) is 0 Å². The van der Waals surface area contributed by atoms with Crippen molar-refractivity contribution in [3.63, 3.8) is 0 Å². The first-order valence-electron chi connectivity index (χ1n) is 5.19. The van der Waals surface area contributed by atoms with Gasteiger partial charge >= 0.3 is 6.05 Å². The molecular formula is C9H15F2N3O3. The van der Waals surface area contributed by atoms with E-state index in [0.29, 0.717) is 13.0 Å². The van der Waals surface area contributed by atoms with Crippen LogP contribution in [0, 0.1) is 21.4 Å². The lowest BCUT2D eigenvalue weighted by Gasteiger charge is -2.23. The number of nitro groups is 1. The van der Waals surface area contributed by atoms with E-state index in [0.717, 1.165) is 4.90 Å². The van der Waals surface area contributed by atoms with Crippen molar-refractivity contribution < 1.29 is 18.4 Å². The van der Waals surface area contributed by atoms with Crippen LogP contribution in [0.3, 0.4) is 0 Å². The lowest BCUT2D eigenvalue weighted by molar-refractivity contribution is -0.618. The lowest BCUT2D eigenvalue weighted by Crippen LogP contribution is -2.47. The standard InChI is InChI=1S/C9H15F2N3O3/c1-6-3-7(5-17-6)4-13(2)8(12)9(10,11)14(15)16/h6-7,12H,3-5H2,1-2H3. The van der Waals surface area contributed by atoms with Gasteiger partial charge in [-0.15, -0.1) is 8.78 Å². The molecule has 1 aliphatic heterocycles. The van der Waals surface area contributed by atoms with Crippen LogP contribution >= 0.6 is 0 Å². The number of halogens is 2. The zero-order chi connectivity index (χ0) is 13.2. The van der Waals surface area contributed by atoms with Crippen molar-refractivity contribution in [1.82, 2.24) is 4.90 Å². The number of nitrogens with zero attached hydrogens (tertiary/aromatic N) is 2. The zero-order valence-corrected chi connectivity index (χ0v) is 9.65. The van der Waals surface area contributed by atoms with Crippen LogP contribution in [-0.2, 0) is 4.74 Å². The Kier molecular flexibility index (Phi) is 3.97. The molecule has 2 atom stereocenters. The molecule has 0 aromatic heterocycles. The molecule has 0 saturated carbocycles. The maximum absolute atomic E-state index is 12.9. The number of hydrogen-bond donors (Lipinski definition) is 1. The van der Waals surface area contributed by atoms with Gasteiger partial charge in [-0.2, -0.15) is 0 Å². The highest BCUT2D eigenvalue weighted by Gasteiger charge is 2.52. The lowest BCUT2D eigenvalue weighted by atomic mass is 10.1. The van der Waals surface area contributed by atoms with Crippen molar-refractivity contribution in [1.29, 1.82) is 5.41 Å². The summed E-state index contributed by atoms with van der Waals surface area (Å²) >= 11 is 0. The van der Waals surface area contributed by atoms with Crippen LogP contribution in [0.2, 0.25) is 0 Å². The summed E-state index contributed by atoms with van der Waals surface area (Å²) in [6.07, 6.45) is 0.778. The van der Waals surface area contributed by atoms with Gasteiger partial charge < -0.3 is 9.64 Å². The summed E-state index contributed by atoms with van der Waals surface area (Å²) in [6, 6.07) is -4.33. The van der Waals surface area contributed by atoms with Gasteiger partial charge in [-0.3, -0.25) is 15.5 Å². The molecule has 17 heavy (non-hydrogen) atoms. The molecule has 8 heteroatoms. The Morgan fingerprint density at radius 2 is 2.29 bits per heavy atom. The third kappa shape index (κ3) is 3.09. The molecule has 1 fully saturated rings. The minimum Gasteiger partial charge on any atom is -0.378 e. The molecule has 1 saturated heterocycles. The molecule has 6 nitrogen and oxygen atoms in total. The predicted molar refractivity (Wildman–Crippen MR) is 55.8 cm³/mol. The first-order chi connectivity index (χ1) is 7.75. The second-order valence-corrected chi connectivity index (χ2v) is 4.27. The Morgan fingerprint density at radius 3 is 2.71 bits per heavy atom. The van der Waals surface area contributed by atoms with Crippen molar-refractivity contribution in [2.24, 2.45) is 5.92 Å². The number of ether oxygens (including phenoxy) is 1. The molecule has 1 N–H and O–H groups in total. The van der Waals surface area contributed by atoms with Crippen molar-refractivity contribution >= 4 is 5.84 Å². The van der Waals surface area contributed by atoms with E-state index >= 15 is 0 Å². The molecule has 1 aliphatic rings. The van der Waals surface area contributed by atoms with Gasteiger partial charge in [0.1, 0.15) is 4.92 Å². The summed E-state index contributed by atoms with van der Waals surface area (Å²) in [6.45, 7) is 2.46. The monoisotopic (exact) mass is 251 g/mol. The molecule has 0 aromatic carbocycles. The summed E-state index contributed by atoms with van der Waals surface area (Å²) in [5, 5.41) is 17.3. The van der Waals surface area contributed by atoms with Crippen LogP contribution in [0.4, 0.5) is 8.78 Å². The molecule has 98 valence electrons. The van der Waals surface area contributed by atoms with Gasteiger partial charge in [-0.05, 0) is 13.3 Å². The second kappa shape index (κ2) is 4.91. The largest absolute Gasteiger partial charge is 0.571 e. The smallest absolute Gasteiger partial charge is 0.378 e. The van der Waals surface area contributed by atoms with Crippen molar-refractivity contribution in [3.05, 3.63) is 10.1 Å². The Morgan fingerprint density at radius 1 is 1.71 bits per heavy atom. The fraction of sp³-hybridized carbons (Fsp3) is 0.889. The maximum atomic E-state index is 12.9. The van der Waals surface area contributed by atoms with Crippen molar-refractivity contribution in [3.8, 4) is 0 Å². The number of alkyl halides is 2. The predicted octanol–water partition coefficient (Wildman–Crippen LogP) is 1.19. The van der Waals surface area contributed by atoms with Gasteiger partial charge in [-0.25, -0.2) is 0 Å². The SMILES string of the molecule is CC1CC(CN(C)C(=N)C(F)(F)[N+](=O)[O-])CO1. The van der Waals surface area contributed by atoms with Gasteiger partial charge in [0, 0.05) is 19.5 Å². The summed E-state index contributed by atoms with van der Waals surface area (Å²) in [5.74, 6) is -1.26. The van der Waals surface area contributed by atoms with E-state index in [9.17, 15) is 18.9 Å². The number of nitrogens with one attached hydrogen (secondary N) is 1. The van der Waals surface area contributed by atoms with E-state index in [-0.39, 0.29) is 18.6 Å². The van der Waals surface area contributed by atoms with E-state index in [1.165, 1.54) is 7.05 Å². The number of amidine groups is 1. The van der Waals surface area contributed by atoms with Gasteiger partial charge in [0.25, 0.3) is 5.84 Å². The zero-order valence-electron chi connectivity index (χ0n) is 9.65. The summed E-state index contributed by atoms with van der Waals surface area (Å²) in [4.78, 5) is 9.28. The fourth-order valence-electron chi connectivity index (χ4n) is 1.83. The highest BCUT2D eigenvalue weighted by molar-refractivity contribution is 5.84. The number of rotatable bonds is 4. The van der Waals surface area contributed by atoms with E-state index in [1.54, 1.807) is 0 Å². The highest BCUT2D eigenvalue weighted by Crippen LogP contribution is 2.22. The Hall–Kier alpha value is -1.31. The second-order valence-electron chi connectivity index (χ2n) is 4.27. The van der Waals surface area contributed by atoms with Gasteiger partial charge in [0.15, 0.2) is 0 Å². The van der Waals surface area contributed by atoms with E-state index < -0.39 is 16.8 Å². The van der Waals surface area contributed by atoms with E-state index in [4.69, 9.17) is 10.1 Å². The Bertz CT molecular complexity index is 325. The third-order valence-electron chi connectivity index (χ3n) is 2.71. The maximum Gasteiger partial charge on any atom is 0.571 e. The quantitative estimate of drug-likeness (QED) is 0.267. The molecule has 0 bridgehead atoms.